The van der Waals surface area contributed by atoms with Gasteiger partial charge in [-0.05, 0) is 12.1 Å². The number of fused-ring (bicyclic) bond motifs is 1. The fourth-order valence-corrected chi connectivity index (χ4v) is 3.19. The molecule has 2 N–H and O–H groups in total. The zero-order valence-corrected chi connectivity index (χ0v) is 13.4. The summed E-state index contributed by atoms with van der Waals surface area (Å²) in [6.45, 7) is 2.23. The minimum absolute atomic E-state index is 0.0701. The van der Waals surface area contributed by atoms with Crippen molar-refractivity contribution in [2.45, 2.75) is 18.7 Å². The van der Waals surface area contributed by atoms with Crippen LogP contribution in [-0.4, -0.2) is 62.5 Å². The molecule has 1 saturated heterocycles. The maximum atomic E-state index is 12.7. The van der Waals surface area contributed by atoms with Crippen LogP contribution in [0.3, 0.4) is 0 Å². The summed E-state index contributed by atoms with van der Waals surface area (Å²) in [7, 11) is 3.14. The van der Waals surface area contributed by atoms with Gasteiger partial charge in [0.15, 0.2) is 0 Å². The predicted octanol–water partition coefficient (Wildman–Crippen LogP) is 0.0678. The quantitative estimate of drug-likeness (QED) is 0.820. The molecule has 0 aromatic heterocycles. The fourth-order valence-electron chi connectivity index (χ4n) is 3.19. The van der Waals surface area contributed by atoms with Crippen molar-refractivity contribution in [3.8, 4) is 11.5 Å². The first kappa shape index (κ1) is 16.0. The van der Waals surface area contributed by atoms with Crippen LogP contribution in [0.15, 0.2) is 12.1 Å². The zero-order chi connectivity index (χ0) is 16.4. The van der Waals surface area contributed by atoms with Crippen LogP contribution < -0.4 is 14.8 Å². The predicted molar refractivity (Wildman–Crippen MR) is 82.5 cm³/mol. The van der Waals surface area contributed by atoms with E-state index in [1.54, 1.807) is 31.3 Å². The van der Waals surface area contributed by atoms with Crippen molar-refractivity contribution in [3.63, 3.8) is 0 Å². The first-order valence-electron chi connectivity index (χ1n) is 7.67. The number of benzene rings is 1. The van der Waals surface area contributed by atoms with Crippen LogP contribution in [0.5, 0.6) is 11.5 Å². The Balaban J connectivity index is 1.88. The Kier molecular flexibility index (Phi) is 4.70. The Morgan fingerprint density at radius 1 is 1.35 bits per heavy atom. The molecule has 23 heavy (non-hydrogen) atoms. The van der Waals surface area contributed by atoms with E-state index in [1.165, 1.54) is 0 Å². The summed E-state index contributed by atoms with van der Waals surface area (Å²) >= 11 is 0. The smallest absolute Gasteiger partial charge is 0.242 e. The molecule has 1 amide bonds. The lowest BCUT2D eigenvalue weighted by Gasteiger charge is -2.36. The first-order chi connectivity index (χ1) is 11.2. The summed E-state index contributed by atoms with van der Waals surface area (Å²) < 4.78 is 16.1. The van der Waals surface area contributed by atoms with Crippen LogP contribution in [0.4, 0.5) is 0 Å². The van der Waals surface area contributed by atoms with Crippen LogP contribution in [-0.2, 0) is 16.1 Å². The molecule has 2 atom stereocenters. The van der Waals surface area contributed by atoms with E-state index < -0.39 is 6.10 Å². The van der Waals surface area contributed by atoms with E-state index in [-0.39, 0.29) is 18.5 Å². The van der Waals surface area contributed by atoms with Gasteiger partial charge in [-0.15, -0.1) is 0 Å². The number of ether oxygens (including phenoxy) is 3. The largest absolute Gasteiger partial charge is 0.496 e. The number of β-amino-alcohol motifs (C(OH)–C–C–N with tert-alkyl or cyclic N) is 1. The van der Waals surface area contributed by atoms with E-state index >= 15 is 0 Å². The summed E-state index contributed by atoms with van der Waals surface area (Å²) in [6, 6.07) is 3.20. The fraction of sp³-hybridized carbons (Fsp3) is 0.562. The number of aliphatic hydroxyl groups is 1. The van der Waals surface area contributed by atoms with E-state index in [2.05, 4.69) is 5.32 Å². The number of aliphatic hydroxyl groups excluding tert-OH is 1. The van der Waals surface area contributed by atoms with Gasteiger partial charge in [-0.25, -0.2) is 0 Å². The lowest BCUT2D eigenvalue weighted by atomic mass is 9.94. The molecule has 2 aliphatic heterocycles. The lowest BCUT2D eigenvalue weighted by molar-refractivity contribution is -0.139. The average molecular weight is 322 g/mol. The summed E-state index contributed by atoms with van der Waals surface area (Å²) in [6.07, 6.45) is -0.808. The second-order valence-corrected chi connectivity index (χ2v) is 5.68. The van der Waals surface area contributed by atoms with Crippen molar-refractivity contribution in [2.75, 3.05) is 40.5 Å². The van der Waals surface area contributed by atoms with Crippen molar-refractivity contribution in [2.24, 2.45) is 0 Å². The van der Waals surface area contributed by atoms with Crippen LogP contribution in [0.1, 0.15) is 17.2 Å². The number of rotatable bonds is 3. The molecular weight excluding hydrogens is 300 g/mol. The van der Waals surface area contributed by atoms with Gasteiger partial charge >= 0.3 is 0 Å². The maximum Gasteiger partial charge on any atom is 0.242 e. The van der Waals surface area contributed by atoms with Crippen LogP contribution in [0.2, 0.25) is 0 Å². The number of nitrogens with one attached hydrogen (secondary N) is 1. The molecule has 3 rings (SSSR count). The highest BCUT2D eigenvalue weighted by molar-refractivity contribution is 5.82. The van der Waals surface area contributed by atoms with Crippen molar-refractivity contribution in [3.05, 3.63) is 23.3 Å². The number of hydrogen-bond donors (Lipinski definition) is 2. The molecule has 7 nitrogen and oxygen atoms in total. The van der Waals surface area contributed by atoms with Gasteiger partial charge < -0.3 is 29.5 Å². The topological polar surface area (TPSA) is 80.3 Å². The number of methoxy groups -OCH3 is 2. The monoisotopic (exact) mass is 322 g/mol. The van der Waals surface area contributed by atoms with E-state index in [0.717, 1.165) is 5.56 Å². The van der Waals surface area contributed by atoms with Gasteiger partial charge in [0.2, 0.25) is 5.91 Å². The second-order valence-electron chi connectivity index (χ2n) is 5.68. The Morgan fingerprint density at radius 2 is 2.09 bits per heavy atom. The molecule has 1 aromatic carbocycles. The van der Waals surface area contributed by atoms with Gasteiger partial charge in [0.1, 0.15) is 23.6 Å². The zero-order valence-electron chi connectivity index (χ0n) is 13.4. The molecule has 2 aliphatic rings. The number of nitrogens with zero attached hydrogens (tertiary/aromatic N) is 1. The second kappa shape index (κ2) is 6.74. The molecule has 0 spiro atoms. The summed E-state index contributed by atoms with van der Waals surface area (Å²) in [5.74, 6) is 1.18. The molecule has 1 fully saturated rings. The van der Waals surface area contributed by atoms with Crippen LogP contribution >= 0.6 is 0 Å². The van der Waals surface area contributed by atoms with Gasteiger partial charge in [-0.2, -0.15) is 0 Å². The van der Waals surface area contributed by atoms with Crippen molar-refractivity contribution >= 4 is 5.91 Å². The van der Waals surface area contributed by atoms with Gasteiger partial charge in [0, 0.05) is 24.2 Å². The lowest BCUT2D eigenvalue weighted by Crippen LogP contribution is -2.53. The van der Waals surface area contributed by atoms with Crippen LogP contribution in [0.25, 0.3) is 0 Å². The number of hydrogen-bond acceptors (Lipinski definition) is 6. The summed E-state index contributed by atoms with van der Waals surface area (Å²) in [4.78, 5) is 14.3. The highest BCUT2D eigenvalue weighted by Crippen LogP contribution is 2.39. The number of morpholine rings is 1. The third-order valence-corrected chi connectivity index (χ3v) is 4.32. The van der Waals surface area contributed by atoms with E-state index in [0.29, 0.717) is 43.4 Å². The molecule has 2 unspecified atom stereocenters. The van der Waals surface area contributed by atoms with Gasteiger partial charge in [0.05, 0.1) is 34.0 Å². The highest BCUT2D eigenvalue weighted by atomic mass is 16.5. The van der Waals surface area contributed by atoms with E-state index in [4.69, 9.17) is 14.2 Å². The first-order valence-corrected chi connectivity index (χ1v) is 7.67. The third kappa shape index (κ3) is 2.99. The standard InChI is InChI=1S/C16H22N2O5/c1-21-13-3-4-14(22-2)15-10(13)7-18(8-12(15)19)16(20)11-9-23-6-5-17-11/h3-4,11-12,17,19H,5-9H2,1-2H3. The minimum atomic E-state index is -0.808. The highest BCUT2D eigenvalue weighted by Gasteiger charge is 2.35. The van der Waals surface area contributed by atoms with Crippen molar-refractivity contribution in [1.29, 1.82) is 0 Å². The Bertz CT molecular complexity index is 586. The summed E-state index contributed by atoms with van der Waals surface area (Å²) in [5.41, 5.74) is 1.49. The normalized spacial score (nSPS) is 24.0. The van der Waals surface area contributed by atoms with E-state index in [9.17, 15) is 9.90 Å². The maximum absolute atomic E-state index is 12.7. The van der Waals surface area contributed by atoms with Gasteiger partial charge in [-0.3, -0.25) is 4.79 Å². The summed E-state index contributed by atoms with van der Waals surface area (Å²) in [5, 5.41) is 13.7. The molecule has 126 valence electrons. The van der Waals surface area contributed by atoms with Crippen molar-refractivity contribution in [1.82, 2.24) is 10.2 Å². The molecular formula is C16H22N2O5. The average Bonchev–Trinajstić information content (AvgIpc) is 2.60. The molecule has 0 radical (unpaired) electrons. The molecule has 0 saturated carbocycles. The molecule has 2 heterocycles. The van der Waals surface area contributed by atoms with Gasteiger partial charge in [0.25, 0.3) is 0 Å². The number of amides is 1. The third-order valence-electron chi connectivity index (χ3n) is 4.32. The Hall–Kier alpha value is -1.83. The minimum Gasteiger partial charge on any atom is -0.496 e. The Labute approximate surface area is 135 Å². The molecule has 7 heteroatoms. The number of carbonyl (C=O) groups excluding carboxylic acids is 1. The molecule has 0 bridgehead atoms. The molecule has 1 aromatic rings. The van der Waals surface area contributed by atoms with Crippen molar-refractivity contribution < 1.29 is 24.1 Å². The SMILES string of the molecule is COc1ccc(OC)c2c1CN(C(=O)C1COCCN1)CC2O. The van der Waals surface area contributed by atoms with Crippen LogP contribution in [0, 0.1) is 0 Å². The van der Waals surface area contributed by atoms with E-state index in [1.807, 2.05) is 0 Å². The van der Waals surface area contributed by atoms with Gasteiger partial charge in [-0.1, -0.05) is 0 Å². The number of carbonyl (C=O) groups is 1. The molecule has 0 aliphatic carbocycles. The Morgan fingerprint density at radius 3 is 2.74 bits per heavy atom.